The second-order valence-electron chi connectivity index (χ2n) is 6.69. The van der Waals surface area contributed by atoms with E-state index in [1.54, 1.807) is 0 Å². The number of aromatic nitrogens is 1. The van der Waals surface area contributed by atoms with Crippen molar-refractivity contribution in [2.75, 3.05) is 0 Å². The van der Waals surface area contributed by atoms with Gasteiger partial charge in [0.1, 0.15) is 0 Å². The van der Waals surface area contributed by atoms with Crippen LogP contribution in [-0.4, -0.2) is 10.4 Å². The quantitative estimate of drug-likeness (QED) is 0.665. The Hall–Kier alpha value is -2.35. The van der Waals surface area contributed by atoms with Crippen molar-refractivity contribution in [1.29, 1.82) is 0 Å². The number of nitrogens with zero attached hydrogens (tertiary/aromatic N) is 1. The van der Waals surface area contributed by atoms with Gasteiger partial charge in [-0.15, -0.1) is 0 Å². The standard InChI is InChI=1S/C21H21NO/c1-14-9-10-15(2)17(11-14)13-22-12-16-5-3-8-20(23)18-6-4-7-19(22)21(16)18/h4,6-7,9-12H,3,5,8,13H2,1-2H3. The van der Waals surface area contributed by atoms with E-state index in [9.17, 15) is 4.79 Å². The molecule has 1 aromatic heterocycles. The van der Waals surface area contributed by atoms with Crippen molar-refractivity contribution in [2.45, 2.75) is 39.7 Å². The highest BCUT2D eigenvalue weighted by Gasteiger charge is 2.20. The van der Waals surface area contributed by atoms with Gasteiger partial charge in [0.05, 0.1) is 0 Å². The summed E-state index contributed by atoms with van der Waals surface area (Å²) in [5, 5.41) is 1.18. The van der Waals surface area contributed by atoms with Crippen LogP contribution in [0.2, 0.25) is 0 Å². The van der Waals surface area contributed by atoms with E-state index < -0.39 is 0 Å². The highest BCUT2D eigenvalue weighted by Crippen LogP contribution is 2.31. The first kappa shape index (κ1) is 14.3. The molecule has 1 aliphatic rings. The molecule has 0 bridgehead atoms. The fourth-order valence-corrected chi connectivity index (χ4v) is 3.72. The Labute approximate surface area is 136 Å². The van der Waals surface area contributed by atoms with Crippen molar-refractivity contribution in [3.63, 3.8) is 0 Å². The van der Waals surface area contributed by atoms with Gasteiger partial charge in [-0.25, -0.2) is 0 Å². The Bertz CT molecular complexity index is 917. The van der Waals surface area contributed by atoms with Gasteiger partial charge in [-0.05, 0) is 49.4 Å². The number of hydrogen-bond donors (Lipinski definition) is 0. The van der Waals surface area contributed by atoms with E-state index in [2.05, 4.69) is 48.9 Å². The number of benzene rings is 2. The van der Waals surface area contributed by atoms with Crippen LogP contribution in [0.1, 0.15) is 45.5 Å². The third-order valence-corrected chi connectivity index (χ3v) is 4.98. The summed E-state index contributed by atoms with van der Waals surface area (Å²) in [4.78, 5) is 12.3. The van der Waals surface area contributed by atoms with Gasteiger partial charge in [0.25, 0.3) is 0 Å². The molecule has 3 aromatic rings. The molecular formula is C21H21NO. The summed E-state index contributed by atoms with van der Waals surface area (Å²) < 4.78 is 2.31. The lowest BCUT2D eigenvalue weighted by molar-refractivity contribution is 0.0983. The van der Waals surface area contributed by atoms with Crippen molar-refractivity contribution >= 4 is 16.7 Å². The Balaban J connectivity index is 1.87. The van der Waals surface area contributed by atoms with E-state index in [0.29, 0.717) is 12.2 Å². The van der Waals surface area contributed by atoms with Gasteiger partial charge in [0.2, 0.25) is 0 Å². The van der Waals surface area contributed by atoms with Crippen molar-refractivity contribution in [3.05, 3.63) is 70.4 Å². The molecule has 23 heavy (non-hydrogen) atoms. The Morgan fingerprint density at radius 1 is 1.09 bits per heavy atom. The maximum Gasteiger partial charge on any atom is 0.163 e. The summed E-state index contributed by atoms with van der Waals surface area (Å²) in [6.07, 6.45) is 4.88. The number of carbonyl (C=O) groups excluding carboxylic acids is 1. The van der Waals surface area contributed by atoms with Gasteiger partial charge in [-0.2, -0.15) is 0 Å². The highest BCUT2D eigenvalue weighted by molar-refractivity contribution is 6.09. The van der Waals surface area contributed by atoms with Gasteiger partial charge in [-0.1, -0.05) is 35.9 Å². The van der Waals surface area contributed by atoms with Gasteiger partial charge in [0, 0.05) is 35.6 Å². The number of rotatable bonds is 2. The molecule has 0 radical (unpaired) electrons. The average Bonchev–Trinajstić information content (AvgIpc) is 2.80. The van der Waals surface area contributed by atoms with Crippen LogP contribution in [0.3, 0.4) is 0 Å². The molecule has 0 atom stereocenters. The normalized spacial score (nSPS) is 14.3. The molecule has 116 valence electrons. The van der Waals surface area contributed by atoms with Crippen LogP contribution in [0.4, 0.5) is 0 Å². The van der Waals surface area contributed by atoms with Crippen LogP contribution in [0.25, 0.3) is 10.9 Å². The van der Waals surface area contributed by atoms with Crippen molar-refractivity contribution in [3.8, 4) is 0 Å². The first-order chi connectivity index (χ1) is 11.1. The number of ketones is 1. The molecule has 0 N–H and O–H groups in total. The molecule has 2 nitrogen and oxygen atoms in total. The van der Waals surface area contributed by atoms with Crippen LogP contribution < -0.4 is 0 Å². The molecular weight excluding hydrogens is 282 g/mol. The van der Waals surface area contributed by atoms with Crippen LogP contribution >= 0.6 is 0 Å². The van der Waals surface area contributed by atoms with Crippen LogP contribution in [0, 0.1) is 13.8 Å². The number of aryl methyl sites for hydroxylation is 3. The maximum absolute atomic E-state index is 12.3. The topological polar surface area (TPSA) is 22.0 Å². The lowest BCUT2D eigenvalue weighted by Gasteiger charge is -2.10. The average molecular weight is 303 g/mol. The van der Waals surface area contributed by atoms with E-state index in [1.165, 1.54) is 33.2 Å². The minimum atomic E-state index is 0.291. The second kappa shape index (κ2) is 5.38. The minimum Gasteiger partial charge on any atom is -0.343 e. The third-order valence-electron chi connectivity index (χ3n) is 4.98. The van der Waals surface area contributed by atoms with Gasteiger partial charge < -0.3 is 4.57 Å². The van der Waals surface area contributed by atoms with E-state index in [0.717, 1.165) is 24.9 Å². The first-order valence-corrected chi connectivity index (χ1v) is 8.33. The predicted octanol–water partition coefficient (Wildman–Crippen LogP) is 4.83. The van der Waals surface area contributed by atoms with Crippen molar-refractivity contribution in [2.24, 2.45) is 0 Å². The van der Waals surface area contributed by atoms with E-state index in [-0.39, 0.29) is 0 Å². The van der Waals surface area contributed by atoms with Gasteiger partial charge in [0.15, 0.2) is 5.78 Å². The minimum absolute atomic E-state index is 0.291. The Morgan fingerprint density at radius 2 is 1.96 bits per heavy atom. The molecule has 0 saturated carbocycles. The zero-order valence-electron chi connectivity index (χ0n) is 13.7. The van der Waals surface area contributed by atoms with Crippen LogP contribution in [0.5, 0.6) is 0 Å². The predicted molar refractivity (Wildman–Crippen MR) is 94.2 cm³/mol. The first-order valence-electron chi connectivity index (χ1n) is 8.33. The zero-order valence-corrected chi connectivity index (χ0v) is 13.7. The van der Waals surface area contributed by atoms with Gasteiger partial charge >= 0.3 is 0 Å². The van der Waals surface area contributed by atoms with Crippen molar-refractivity contribution < 1.29 is 4.79 Å². The fraction of sp³-hybridized carbons (Fsp3) is 0.286. The SMILES string of the molecule is Cc1ccc(C)c(Cn2cc3c4c(cccc42)C(=O)CCC3)c1. The summed E-state index contributed by atoms with van der Waals surface area (Å²) in [6.45, 7) is 5.17. The molecule has 0 spiro atoms. The van der Waals surface area contributed by atoms with E-state index in [4.69, 9.17) is 0 Å². The Morgan fingerprint density at radius 3 is 2.83 bits per heavy atom. The maximum atomic E-state index is 12.3. The third kappa shape index (κ3) is 2.39. The molecule has 0 aliphatic heterocycles. The Kier molecular flexibility index (Phi) is 3.33. The second-order valence-corrected chi connectivity index (χ2v) is 6.69. The molecule has 0 saturated heterocycles. The molecule has 0 fully saturated rings. The zero-order chi connectivity index (χ0) is 16.0. The molecule has 0 amide bonds. The van der Waals surface area contributed by atoms with Crippen molar-refractivity contribution in [1.82, 2.24) is 4.57 Å². The number of hydrogen-bond acceptors (Lipinski definition) is 1. The molecule has 0 unspecified atom stereocenters. The summed E-state index contributed by atoms with van der Waals surface area (Å²) >= 11 is 0. The number of Topliss-reactive ketones (excluding diaryl/α,β-unsaturated/α-hetero) is 1. The van der Waals surface area contributed by atoms with Crippen LogP contribution in [-0.2, 0) is 13.0 Å². The van der Waals surface area contributed by atoms with Crippen LogP contribution in [0.15, 0.2) is 42.6 Å². The summed E-state index contributed by atoms with van der Waals surface area (Å²) in [6, 6.07) is 12.8. The largest absolute Gasteiger partial charge is 0.343 e. The lowest BCUT2D eigenvalue weighted by atomic mass is 10.0. The summed E-state index contributed by atoms with van der Waals surface area (Å²) in [5.41, 5.74) is 7.38. The summed E-state index contributed by atoms with van der Waals surface area (Å²) in [5.74, 6) is 0.291. The smallest absolute Gasteiger partial charge is 0.163 e. The highest BCUT2D eigenvalue weighted by atomic mass is 16.1. The summed E-state index contributed by atoms with van der Waals surface area (Å²) in [7, 11) is 0. The lowest BCUT2D eigenvalue weighted by Crippen LogP contribution is -2.02. The van der Waals surface area contributed by atoms with E-state index >= 15 is 0 Å². The molecule has 1 heterocycles. The van der Waals surface area contributed by atoms with E-state index in [1.807, 2.05) is 12.1 Å². The van der Waals surface area contributed by atoms with Gasteiger partial charge in [-0.3, -0.25) is 4.79 Å². The fourth-order valence-electron chi connectivity index (χ4n) is 3.72. The molecule has 4 rings (SSSR count). The molecule has 2 heteroatoms. The molecule has 1 aliphatic carbocycles. The monoisotopic (exact) mass is 303 g/mol. The number of carbonyl (C=O) groups is 1. The molecule has 2 aromatic carbocycles.